The summed E-state index contributed by atoms with van der Waals surface area (Å²) < 4.78 is 16.5. The second-order valence-electron chi connectivity index (χ2n) is 9.21. The van der Waals surface area contributed by atoms with Gasteiger partial charge >= 0.3 is 5.97 Å². The molecule has 6 nitrogen and oxygen atoms in total. The Morgan fingerprint density at radius 1 is 1.12 bits per heavy atom. The highest BCUT2D eigenvalue weighted by Gasteiger charge is 2.75. The summed E-state index contributed by atoms with van der Waals surface area (Å²) in [5, 5.41) is 3.65. The van der Waals surface area contributed by atoms with Gasteiger partial charge in [-0.1, -0.05) is 37.6 Å². The van der Waals surface area contributed by atoms with Crippen molar-refractivity contribution in [3.05, 3.63) is 47.0 Å². The highest BCUT2D eigenvalue weighted by atomic mass is 35.5. The van der Waals surface area contributed by atoms with Crippen molar-refractivity contribution in [1.29, 1.82) is 0 Å². The van der Waals surface area contributed by atoms with E-state index < -0.39 is 16.4 Å². The molecule has 3 aliphatic rings. The second-order valence-corrected chi connectivity index (χ2v) is 10.6. The smallest absolute Gasteiger partial charge is 0.313 e. The third kappa shape index (κ3) is 2.94. The van der Waals surface area contributed by atoms with E-state index in [1.54, 1.807) is 17.8 Å². The molecule has 168 valence electrons. The number of nitrogens with one attached hydrogen (secondary N) is 1. The molecule has 2 atom stereocenters. The van der Waals surface area contributed by atoms with Gasteiger partial charge in [0, 0.05) is 27.2 Å². The molecule has 2 unspecified atom stereocenters. The predicted molar refractivity (Wildman–Crippen MR) is 122 cm³/mol. The molecule has 1 amide bonds. The van der Waals surface area contributed by atoms with Crippen molar-refractivity contribution in [2.75, 3.05) is 12.1 Å². The lowest BCUT2D eigenvalue weighted by atomic mass is 9.66. The van der Waals surface area contributed by atoms with Crippen LogP contribution < -0.4 is 14.8 Å². The molecule has 0 spiro atoms. The van der Waals surface area contributed by atoms with Crippen molar-refractivity contribution in [3.8, 4) is 11.5 Å². The number of anilines is 1. The minimum Gasteiger partial charge on any atom is -0.454 e. The highest BCUT2D eigenvalue weighted by Crippen LogP contribution is 2.65. The Morgan fingerprint density at radius 2 is 1.84 bits per heavy atom. The zero-order chi connectivity index (χ0) is 22.7. The van der Waals surface area contributed by atoms with E-state index >= 15 is 0 Å². The maximum Gasteiger partial charge on any atom is 0.313 e. The molecule has 32 heavy (non-hydrogen) atoms. The van der Waals surface area contributed by atoms with Crippen LogP contribution in [0.25, 0.3) is 0 Å². The predicted octanol–water partition coefficient (Wildman–Crippen LogP) is 5.42. The van der Waals surface area contributed by atoms with Gasteiger partial charge in [-0.05, 0) is 43.5 Å². The van der Waals surface area contributed by atoms with E-state index in [1.165, 1.54) is 0 Å². The van der Waals surface area contributed by atoms with Crippen LogP contribution in [0.4, 0.5) is 5.69 Å². The lowest BCUT2D eigenvalue weighted by Gasteiger charge is -2.35. The minimum absolute atomic E-state index is 0.193. The minimum atomic E-state index is -1.16. The van der Waals surface area contributed by atoms with Gasteiger partial charge in [0.1, 0.15) is 0 Å². The summed E-state index contributed by atoms with van der Waals surface area (Å²) in [6.07, 6.45) is 1.17. The van der Waals surface area contributed by atoms with E-state index in [4.69, 9.17) is 25.8 Å². The van der Waals surface area contributed by atoms with Crippen LogP contribution >= 0.6 is 23.4 Å². The molecule has 2 bridgehead atoms. The topological polar surface area (TPSA) is 73.9 Å². The van der Waals surface area contributed by atoms with E-state index in [9.17, 15) is 9.59 Å². The van der Waals surface area contributed by atoms with E-state index in [0.29, 0.717) is 40.8 Å². The molecular formula is C24H24ClNO5S. The quantitative estimate of drug-likeness (QED) is 0.461. The number of fused-ring (bicyclic) bond motifs is 3. The number of amides is 1. The van der Waals surface area contributed by atoms with Gasteiger partial charge in [-0.2, -0.15) is 0 Å². The number of para-hydroxylation sites is 1. The Kier molecular flexibility index (Phi) is 4.91. The summed E-state index contributed by atoms with van der Waals surface area (Å²) in [7, 11) is 0. The molecule has 1 aliphatic carbocycles. The number of ether oxygens (including phenoxy) is 3. The van der Waals surface area contributed by atoms with Crippen molar-refractivity contribution in [3.63, 3.8) is 0 Å². The van der Waals surface area contributed by atoms with E-state index in [-0.39, 0.29) is 18.7 Å². The number of hydrogen-bond donors (Lipinski definition) is 1. The summed E-state index contributed by atoms with van der Waals surface area (Å²) in [5.74, 6) is 1.36. The van der Waals surface area contributed by atoms with Crippen LogP contribution in [0.1, 0.15) is 39.2 Å². The third-order valence-corrected chi connectivity index (χ3v) is 8.98. The molecule has 1 N–H and O–H groups in total. The van der Waals surface area contributed by atoms with Gasteiger partial charge in [-0.3, -0.25) is 9.59 Å². The first-order chi connectivity index (χ1) is 15.2. The van der Waals surface area contributed by atoms with E-state index in [2.05, 4.69) is 5.32 Å². The first kappa shape index (κ1) is 21.5. The fourth-order valence-electron chi connectivity index (χ4n) is 4.89. The lowest BCUT2D eigenvalue weighted by molar-refractivity contribution is -0.165. The first-order valence-corrected chi connectivity index (χ1v) is 11.9. The fourth-order valence-corrected chi connectivity index (χ4v) is 6.19. The van der Waals surface area contributed by atoms with Crippen molar-refractivity contribution in [2.45, 2.75) is 49.9 Å². The largest absolute Gasteiger partial charge is 0.454 e. The molecule has 0 aromatic heterocycles. The van der Waals surface area contributed by atoms with Gasteiger partial charge in [0.05, 0.1) is 11.1 Å². The summed E-state index contributed by atoms with van der Waals surface area (Å²) in [5.41, 5.74) is -0.797. The average Bonchev–Trinajstić information content (AvgIpc) is 3.33. The zero-order valence-corrected chi connectivity index (χ0v) is 19.7. The van der Waals surface area contributed by atoms with Crippen LogP contribution in [0.5, 0.6) is 11.5 Å². The number of carbonyl (C=O) groups is 2. The zero-order valence-electron chi connectivity index (χ0n) is 18.1. The molecule has 8 heteroatoms. The Morgan fingerprint density at radius 3 is 2.53 bits per heavy atom. The summed E-state index contributed by atoms with van der Waals surface area (Å²) in [6, 6.07) is 11.2. The number of rotatable bonds is 5. The van der Waals surface area contributed by atoms with Crippen molar-refractivity contribution in [1.82, 2.24) is 0 Å². The fraction of sp³-hybridized carbons (Fsp3) is 0.417. The summed E-state index contributed by atoms with van der Waals surface area (Å²) in [6.45, 7) is 5.99. The molecule has 0 radical (unpaired) electrons. The molecule has 1 saturated heterocycles. The lowest BCUT2D eigenvalue weighted by Crippen LogP contribution is -2.50. The van der Waals surface area contributed by atoms with Gasteiger partial charge in [-0.25, -0.2) is 0 Å². The van der Waals surface area contributed by atoms with E-state index in [1.807, 2.05) is 51.1 Å². The number of esters is 1. The summed E-state index contributed by atoms with van der Waals surface area (Å²) in [4.78, 5) is 26.9. The van der Waals surface area contributed by atoms with Crippen LogP contribution in [-0.4, -0.2) is 24.3 Å². The van der Waals surface area contributed by atoms with Gasteiger partial charge in [0.15, 0.2) is 17.1 Å². The summed E-state index contributed by atoms with van der Waals surface area (Å²) >= 11 is 7.97. The van der Waals surface area contributed by atoms with Gasteiger partial charge in [-0.15, -0.1) is 11.8 Å². The van der Waals surface area contributed by atoms with E-state index in [0.717, 1.165) is 10.5 Å². The maximum atomic E-state index is 13.5. The molecular weight excluding hydrogens is 450 g/mol. The van der Waals surface area contributed by atoms with Crippen molar-refractivity contribution < 1.29 is 23.8 Å². The molecule has 2 fully saturated rings. The van der Waals surface area contributed by atoms with Gasteiger partial charge < -0.3 is 19.5 Å². The first-order valence-electron chi connectivity index (χ1n) is 10.5. The number of carbonyl (C=O) groups excluding carboxylic acids is 2. The molecule has 2 aromatic rings. The normalized spacial score (nSPS) is 26.8. The van der Waals surface area contributed by atoms with Gasteiger partial charge in [0.25, 0.3) is 5.91 Å². The van der Waals surface area contributed by atoms with Crippen molar-refractivity contribution in [2.24, 2.45) is 10.8 Å². The molecule has 2 aliphatic heterocycles. The standard InChI is InChI=1S/C24H24ClNO5S/c1-22(2)23(3)8-9-24(22,31-21(23)28)20(27)26-16-6-4-5-7-19(16)32-12-14-10-17-18(11-15(14)25)30-13-29-17/h4-7,10-11H,8-9,12-13H2,1-3H3,(H,26,27). The number of thioether (sulfide) groups is 1. The van der Waals surface area contributed by atoms with Crippen molar-refractivity contribution >= 4 is 40.9 Å². The third-order valence-electron chi connectivity index (χ3n) is 7.51. The molecule has 2 aromatic carbocycles. The Hall–Kier alpha value is -2.38. The Bertz CT molecular complexity index is 1140. The number of hydrogen-bond acceptors (Lipinski definition) is 6. The van der Waals surface area contributed by atoms with Crippen LogP contribution in [0.2, 0.25) is 5.02 Å². The second kappa shape index (κ2) is 7.32. The molecule has 5 rings (SSSR count). The van der Waals surface area contributed by atoms with Gasteiger partial charge in [0.2, 0.25) is 6.79 Å². The Labute approximate surface area is 195 Å². The number of benzene rings is 2. The monoisotopic (exact) mass is 473 g/mol. The van der Waals surface area contributed by atoms with Crippen LogP contribution in [0.15, 0.2) is 41.3 Å². The van der Waals surface area contributed by atoms with Crippen LogP contribution in [0.3, 0.4) is 0 Å². The number of halogens is 1. The SMILES string of the molecule is CC12CCC(C(=O)Nc3ccccc3SCc3cc4c(cc3Cl)OCO4)(OC1=O)C2(C)C. The Balaban J connectivity index is 1.36. The van der Waals surface area contributed by atoms with Crippen LogP contribution in [-0.2, 0) is 20.1 Å². The maximum absolute atomic E-state index is 13.5. The molecule has 2 heterocycles. The highest BCUT2D eigenvalue weighted by molar-refractivity contribution is 7.98. The van der Waals surface area contributed by atoms with Crippen LogP contribution in [0, 0.1) is 10.8 Å². The molecule has 1 saturated carbocycles. The average molecular weight is 474 g/mol.